The zero-order chi connectivity index (χ0) is 18.9. The van der Waals surface area contributed by atoms with Crippen LogP contribution in [0, 0.1) is 0 Å². The van der Waals surface area contributed by atoms with E-state index in [0.29, 0.717) is 17.9 Å². The number of rotatable bonds is 8. The highest BCUT2D eigenvalue weighted by atomic mass is 16.5. The number of amides is 2. The summed E-state index contributed by atoms with van der Waals surface area (Å²) in [7, 11) is 0. The molecule has 0 aliphatic heterocycles. The minimum absolute atomic E-state index is 0.165. The fraction of sp³-hybridized carbons (Fsp3) is 0.526. The fourth-order valence-corrected chi connectivity index (χ4v) is 2.86. The molecule has 1 aliphatic rings. The summed E-state index contributed by atoms with van der Waals surface area (Å²) in [6, 6.07) is 6.94. The number of esters is 1. The fourth-order valence-electron chi connectivity index (χ4n) is 2.86. The molecule has 1 fully saturated rings. The van der Waals surface area contributed by atoms with E-state index in [1.165, 1.54) is 6.92 Å². The van der Waals surface area contributed by atoms with E-state index in [-0.39, 0.29) is 18.5 Å². The Kier molecular flexibility index (Phi) is 7.44. The van der Waals surface area contributed by atoms with Crippen LogP contribution in [-0.4, -0.2) is 43.1 Å². The molecule has 0 bridgehead atoms. The van der Waals surface area contributed by atoms with Gasteiger partial charge in [0.05, 0.1) is 12.2 Å². The van der Waals surface area contributed by atoms with Gasteiger partial charge in [0.25, 0.3) is 11.8 Å². The van der Waals surface area contributed by atoms with Crippen molar-refractivity contribution in [3.63, 3.8) is 0 Å². The summed E-state index contributed by atoms with van der Waals surface area (Å²) in [4.78, 5) is 36.1. The Hall–Kier alpha value is -2.57. The Morgan fingerprint density at radius 3 is 2.58 bits per heavy atom. The van der Waals surface area contributed by atoms with Crippen LogP contribution in [0.4, 0.5) is 0 Å². The predicted octanol–water partition coefficient (Wildman–Crippen LogP) is 1.81. The number of ether oxygens (including phenoxy) is 2. The first-order chi connectivity index (χ1) is 12.5. The first-order valence-corrected chi connectivity index (χ1v) is 9.01. The van der Waals surface area contributed by atoms with Gasteiger partial charge in [0.15, 0.2) is 6.10 Å². The molecule has 1 aromatic rings. The standard InChI is InChI=1S/C19H26N2O5/c1-3-25-16-11-7-6-10-15(16)19(24)20-12-17(22)26-13(2)18(23)21-14-8-4-5-9-14/h6-7,10-11,13-14H,3-5,8-9,12H2,1-2H3,(H,20,24)(H,21,23)/t13-/m1/s1. The largest absolute Gasteiger partial charge is 0.493 e. The molecule has 0 saturated heterocycles. The number of carbonyl (C=O) groups is 3. The normalized spacial score (nSPS) is 15.2. The van der Waals surface area contributed by atoms with Gasteiger partial charge in [-0.05, 0) is 38.8 Å². The number of nitrogens with one attached hydrogen (secondary N) is 2. The van der Waals surface area contributed by atoms with Crippen molar-refractivity contribution < 1.29 is 23.9 Å². The summed E-state index contributed by atoms with van der Waals surface area (Å²) in [6.45, 7) is 3.46. The molecule has 7 nitrogen and oxygen atoms in total. The lowest BCUT2D eigenvalue weighted by molar-refractivity contribution is -0.154. The van der Waals surface area contributed by atoms with Gasteiger partial charge in [-0.1, -0.05) is 25.0 Å². The van der Waals surface area contributed by atoms with Gasteiger partial charge in [0, 0.05) is 6.04 Å². The number of para-hydroxylation sites is 1. The van der Waals surface area contributed by atoms with Gasteiger partial charge in [-0.15, -0.1) is 0 Å². The molecule has 1 saturated carbocycles. The van der Waals surface area contributed by atoms with Crippen LogP contribution in [0.2, 0.25) is 0 Å². The third-order valence-electron chi connectivity index (χ3n) is 4.20. The zero-order valence-electron chi connectivity index (χ0n) is 15.2. The minimum Gasteiger partial charge on any atom is -0.493 e. The van der Waals surface area contributed by atoms with Crippen LogP contribution in [0.5, 0.6) is 5.75 Å². The van der Waals surface area contributed by atoms with Crippen LogP contribution in [0.15, 0.2) is 24.3 Å². The molecule has 0 radical (unpaired) electrons. The molecule has 2 N–H and O–H groups in total. The topological polar surface area (TPSA) is 93.7 Å². The van der Waals surface area contributed by atoms with Gasteiger partial charge >= 0.3 is 5.97 Å². The Labute approximate surface area is 153 Å². The molecule has 1 aliphatic carbocycles. The lowest BCUT2D eigenvalue weighted by Crippen LogP contribution is -2.42. The van der Waals surface area contributed by atoms with Crippen LogP contribution >= 0.6 is 0 Å². The van der Waals surface area contributed by atoms with E-state index in [0.717, 1.165) is 25.7 Å². The quantitative estimate of drug-likeness (QED) is 0.688. The van der Waals surface area contributed by atoms with Crippen molar-refractivity contribution in [2.45, 2.75) is 51.7 Å². The molecule has 26 heavy (non-hydrogen) atoms. The molecule has 0 spiro atoms. The molecule has 0 aromatic heterocycles. The van der Waals surface area contributed by atoms with Gasteiger partial charge in [-0.2, -0.15) is 0 Å². The Balaban J connectivity index is 1.78. The lowest BCUT2D eigenvalue weighted by Gasteiger charge is -2.17. The van der Waals surface area contributed by atoms with E-state index in [4.69, 9.17) is 9.47 Å². The number of carbonyl (C=O) groups excluding carboxylic acids is 3. The van der Waals surface area contributed by atoms with E-state index in [1.807, 2.05) is 6.92 Å². The molecule has 142 valence electrons. The molecule has 1 atom stereocenters. The molecule has 2 rings (SSSR count). The summed E-state index contributed by atoms with van der Waals surface area (Å²) in [6.07, 6.45) is 3.24. The molecular weight excluding hydrogens is 336 g/mol. The summed E-state index contributed by atoms with van der Waals surface area (Å²) >= 11 is 0. The number of hydrogen-bond donors (Lipinski definition) is 2. The second kappa shape index (κ2) is 9.79. The van der Waals surface area contributed by atoms with E-state index in [2.05, 4.69) is 10.6 Å². The van der Waals surface area contributed by atoms with Gasteiger partial charge in [0.1, 0.15) is 12.3 Å². The van der Waals surface area contributed by atoms with Crippen molar-refractivity contribution >= 4 is 17.8 Å². The smallest absolute Gasteiger partial charge is 0.326 e. The van der Waals surface area contributed by atoms with Crippen LogP contribution in [-0.2, 0) is 14.3 Å². The summed E-state index contributed by atoms with van der Waals surface area (Å²) in [5.74, 6) is -0.959. The SMILES string of the molecule is CCOc1ccccc1C(=O)NCC(=O)O[C@H](C)C(=O)NC1CCCC1. The summed E-state index contributed by atoms with van der Waals surface area (Å²) < 4.78 is 10.5. The van der Waals surface area contributed by atoms with Gasteiger partial charge in [-0.25, -0.2) is 0 Å². The van der Waals surface area contributed by atoms with E-state index >= 15 is 0 Å². The molecular formula is C19H26N2O5. The summed E-state index contributed by atoms with van der Waals surface area (Å²) in [5.41, 5.74) is 0.342. The molecule has 2 amide bonds. The van der Waals surface area contributed by atoms with Crippen molar-refractivity contribution in [3.05, 3.63) is 29.8 Å². The molecule has 0 heterocycles. The van der Waals surface area contributed by atoms with Gasteiger partial charge in [-0.3, -0.25) is 14.4 Å². The average molecular weight is 362 g/mol. The average Bonchev–Trinajstić information content (AvgIpc) is 3.13. The highest BCUT2D eigenvalue weighted by Crippen LogP contribution is 2.18. The lowest BCUT2D eigenvalue weighted by atomic mass is 10.2. The minimum atomic E-state index is -0.893. The molecule has 1 aromatic carbocycles. The Bertz CT molecular complexity index is 641. The third-order valence-corrected chi connectivity index (χ3v) is 4.20. The highest BCUT2D eigenvalue weighted by Gasteiger charge is 2.23. The third kappa shape index (κ3) is 5.75. The number of benzene rings is 1. The van der Waals surface area contributed by atoms with E-state index < -0.39 is 18.0 Å². The van der Waals surface area contributed by atoms with E-state index in [9.17, 15) is 14.4 Å². The second-order valence-electron chi connectivity index (χ2n) is 6.23. The van der Waals surface area contributed by atoms with Crippen molar-refractivity contribution in [2.24, 2.45) is 0 Å². The van der Waals surface area contributed by atoms with Crippen molar-refractivity contribution in [2.75, 3.05) is 13.2 Å². The Morgan fingerprint density at radius 2 is 1.88 bits per heavy atom. The maximum absolute atomic E-state index is 12.2. The second-order valence-corrected chi connectivity index (χ2v) is 6.23. The monoisotopic (exact) mass is 362 g/mol. The zero-order valence-corrected chi connectivity index (χ0v) is 15.2. The first kappa shape index (κ1) is 19.8. The van der Waals surface area contributed by atoms with Crippen molar-refractivity contribution in [3.8, 4) is 5.75 Å². The van der Waals surface area contributed by atoms with Crippen LogP contribution in [0.25, 0.3) is 0 Å². The van der Waals surface area contributed by atoms with Gasteiger partial charge in [0.2, 0.25) is 0 Å². The maximum atomic E-state index is 12.2. The van der Waals surface area contributed by atoms with Crippen LogP contribution in [0.1, 0.15) is 49.9 Å². The molecule has 0 unspecified atom stereocenters. The Morgan fingerprint density at radius 1 is 1.19 bits per heavy atom. The highest BCUT2D eigenvalue weighted by molar-refractivity contribution is 5.98. The summed E-state index contributed by atoms with van der Waals surface area (Å²) in [5, 5.41) is 5.37. The first-order valence-electron chi connectivity index (χ1n) is 9.01. The van der Waals surface area contributed by atoms with E-state index in [1.54, 1.807) is 24.3 Å². The maximum Gasteiger partial charge on any atom is 0.326 e. The van der Waals surface area contributed by atoms with Crippen LogP contribution in [0.3, 0.4) is 0 Å². The van der Waals surface area contributed by atoms with Gasteiger partial charge < -0.3 is 20.1 Å². The van der Waals surface area contributed by atoms with Crippen LogP contribution < -0.4 is 15.4 Å². The molecule has 7 heteroatoms. The number of hydrogen-bond acceptors (Lipinski definition) is 5. The van der Waals surface area contributed by atoms with Crippen molar-refractivity contribution in [1.29, 1.82) is 0 Å². The van der Waals surface area contributed by atoms with Crippen molar-refractivity contribution in [1.82, 2.24) is 10.6 Å². The predicted molar refractivity (Wildman–Crippen MR) is 95.9 cm³/mol.